The monoisotopic (exact) mass is 455 g/mol. The number of benzene rings is 3. The molecule has 0 radical (unpaired) electrons. The number of hydrogen-bond acceptors (Lipinski definition) is 5. The summed E-state index contributed by atoms with van der Waals surface area (Å²) in [6, 6.07) is 18.6. The van der Waals surface area contributed by atoms with E-state index in [1.54, 1.807) is 42.5 Å². The first-order chi connectivity index (χ1) is 14.3. The molecule has 1 atom stereocenters. The van der Waals surface area contributed by atoms with Crippen LogP contribution in [-0.4, -0.2) is 23.6 Å². The van der Waals surface area contributed by atoms with Crippen molar-refractivity contribution in [3.05, 3.63) is 77.3 Å². The Kier molecular flexibility index (Phi) is 5.33. The number of thioether (sulfide) groups is 1. The van der Waals surface area contributed by atoms with Crippen LogP contribution in [-0.2, 0) is 14.6 Å². The molecule has 0 aromatic heterocycles. The summed E-state index contributed by atoms with van der Waals surface area (Å²) in [5.41, 5.74) is 0.618. The molecule has 1 saturated heterocycles. The molecule has 1 aliphatic heterocycles. The molecule has 3 aromatic rings. The van der Waals surface area contributed by atoms with Gasteiger partial charge in [-0.2, -0.15) is 0 Å². The van der Waals surface area contributed by atoms with Gasteiger partial charge in [-0.05, 0) is 58.9 Å². The van der Waals surface area contributed by atoms with Crippen LogP contribution in [0, 0.1) is 11.8 Å². The third-order valence-electron chi connectivity index (χ3n) is 4.68. The zero-order valence-electron chi connectivity index (χ0n) is 15.4. The number of carbonyl (C=O) groups is 2. The zero-order chi connectivity index (χ0) is 21.4. The summed E-state index contributed by atoms with van der Waals surface area (Å²) >= 11 is 6.31. The van der Waals surface area contributed by atoms with Crippen molar-refractivity contribution in [1.82, 2.24) is 5.32 Å². The molecule has 1 heterocycles. The number of hydrogen-bond donors (Lipinski definition) is 1. The summed E-state index contributed by atoms with van der Waals surface area (Å²) in [7, 11) is -4.23. The highest BCUT2D eigenvalue weighted by atomic mass is 35.5. The van der Waals surface area contributed by atoms with Gasteiger partial charge in [-0.1, -0.05) is 53.8 Å². The number of amides is 2. The Balaban J connectivity index is 1.77. The molecule has 4 rings (SSSR count). The molecule has 0 spiro atoms. The molecule has 1 N–H and O–H groups in total. The van der Waals surface area contributed by atoms with Crippen molar-refractivity contribution >= 4 is 55.1 Å². The summed E-state index contributed by atoms with van der Waals surface area (Å²) in [4.78, 5) is 24.6. The van der Waals surface area contributed by atoms with Crippen molar-refractivity contribution in [1.29, 1.82) is 0 Å². The average molecular weight is 456 g/mol. The second kappa shape index (κ2) is 7.80. The Morgan fingerprint density at radius 3 is 2.33 bits per heavy atom. The Morgan fingerprint density at radius 1 is 0.967 bits per heavy atom. The fraction of sp³-hybridized carbons (Fsp3) is 0.0909. The van der Waals surface area contributed by atoms with Crippen LogP contribution in [0.25, 0.3) is 10.8 Å². The number of rotatable bonds is 3. The van der Waals surface area contributed by atoms with E-state index in [-0.39, 0.29) is 11.3 Å². The smallest absolute Gasteiger partial charge is 0.285 e. The third-order valence-corrected chi connectivity index (χ3v) is 8.86. The van der Waals surface area contributed by atoms with E-state index in [0.717, 1.165) is 10.8 Å². The molecule has 8 heteroatoms. The van der Waals surface area contributed by atoms with Crippen LogP contribution in [0.2, 0.25) is 5.02 Å². The first-order valence-electron chi connectivity index (χ1n) is 8.84. The van der Waals surface area contributed by atoms with Gasteiger partial charge in [0.1, 0.15) is 0 Å². The summed E-state index contributed by atoms with van der Waals surface area (Å²) in [6.07, 6.45) is -0.340. The molecule has 1 fully saturated rings. The SMILES string of the molecule is O=C1NC(=O)C(CC#Cc2ccc(Cl)cc2)(S(=O)(=O)c2ccc3ccccc3c2)S1. The fourth-order valence-corrected chi connectivity index (χ4v) is 6.40. The van der Waals surface area contributed by atoms with Crippen molar-refractivity contribution in [3.8, 4) is 11.8 Å². The molecule has 1 aliphatic rings. The fourth-order valence-electron chi connectivity index (χ4n) is 3.12. The first kappa shape index (κ1) is 20.5. The lowest BCUT2D eigenvalue weighted by molar-refractivity contribution is -0.119. The summed E-state index contributed by atoms with van der Waals surface area (Å²) in [6.45, 7) is 0. The van der Waals surface area contributed by atoms with Gasteiger partial charge < -0.3 is 0 Å². The van der Waals surface area contributed by atoms with Gasteiger partial charge in [-0.15, -0.1) is 0 Å². The second-order valence-electron chi connectivity index (χ2n) is 6.59. The lowest BCUT2D eigenvalue weighted by Crippen LogP contribution is -2.43. The number of nitrogens with one attached hydrogen (secondary N) is 1. The molecule has 0 bridgehead atoms. The normalized spacial score (nSPS) is 18.7. The molecule has 0 aliphatic carbocycles. The molecule has 0 saturated carbocycles. The summed E-state index contributed by atoms with van der Waals surface area (Å²) in [5.74, 6) is 4.72. The average Bonchev–Trinajstić information content (AvgIpc) is 3.03. The zero-order valence-corrected chi connectivity index (χ0v) is 17.8. The van der Waals surface area contributed by atoms with E-state index >= 15 is 0 Å². The predicted molar refractivity (Wildman–Crippen MR) is 118 cm³/mol. The van der Waals surface area contributed by atoms with Gasteiger partial charge in [0.05, 0.1) is 4.90 Å². The van der Waals surface area contributed by atoms with Crippen LogP contribution in [0.1, 0.15) is 12.0 Å². The van der Waals surface area contributed by atoms with Gasteiger partial charge in [0.2, 0.25) is 13.9 Å². The van der Waals surface area contributed by atoms with Gasteiger partial charge in [-0.3, -0.25) is 14.9 Å². The highest BCUT2D eigenvalue weighted by Gasteiger charge is 2.58. The van der Waals surface area contributed by atoms with Crippen LogP contribution in [0.5, 0.6) is 0 Å². The first-order valence-corrected chi connectivity index (χ1v) is 11.5. The topological polar surface area (TPSA) is 80.3 Å². The van der Waals surface area contributed by atoms with E-state index in [4.69, 9.17) is 11.6 Å². The van der Waals surface area contributed by atoms with Gasteiger partial charge in [0, 0.05) is 17.0 Å². The number of halogens is 1. The number of carbonyl (C=O) groups excluding carboxylic acids is 2. The molecule has 5 nitrogen and oxygen atoms in total. The van der Waals surface area contributed by atoms with Crippen LogP contribution in [0.4, 0.5) is 4.79 Å². The van der Waals surface area contributed by atoms with Gasteiger partial charge in [0.25, 0.3) is 11.1 Å². The van der Waals surface area contributed by atoms with Crippen molar-refractivity contribution in [2.75, 3.05) is 0 Å². The van der Waals surface area contributed by atoms with E-state index in [1.807, 2.05) is 12.1 Å². The van der Waals surface area contributed by atoms with E-state index in [0.29, 0.717) is 22.3 Å². The van der Waals surface area contributed by atoms with E-state index in [9.17, 15) is 18.0 Å². The van der Waals surface area contributed by atoms with Gasteiger partial charge in [0.15, 0.2) is 0 Å². The number of fused-ring (bicyclic) bond motifs is 1. The van der Waals surface area contributed by atoms with Crippen molar-refractivity contribution in [3.63, 3.8) is 0 Å². The largest absolute Gasteiger partial charge is 0.287 e. The van der Waals surface area contributed by atoms with Gasteiger partial charge >= 0.3 is 0 Å². The Labute approximate surface area is 182 Å². The van der Waals surface area contributed by atoms with E-state index in [1.165, 1.54) is 12.1 Å². The standard InChI is InChI=1S/C22H14ClNO4S2/c23-18-10-7-15(8-11-18)4-3-13-22(20(25)24-21(26)29-22)30(27,28)19-12-9-16-5-1-2-6-17(16)14-19/h1-2,5-12,14H,13H2,(H,24,25,26). The minimum absolute atomic E-state index is 0.0353. The predicted octanol–water partition coefficient (Wildman–Crippen LogP) is 4.39. The number of sulfone groups is 1. The summed E-state index contributed by atoms with van der Waals surface area (Å²) < 4.78 is 25.0. The Hall–Kier alpha value is -2.79. The molecule has 3 aromatic carbocycles. The number of imide groups is 1. The maximum absolute atomic E-state index is 13.5. The van der Waals surface area contributed by atoms with Crippen LogP contribution >= 0.6 is 23.4 Å². The minimum atomic E-state index is -4.23. The lowest BCUT2D eigenvalue weighted by atomic mass is 10.1. The maximum atomic E-state index is 13.5. The van der Waals surface area contributed by atoms with E-state index < -0.39 is 25.1 Å². The molecular weight excluding hydrogens is 442 g/mol. The van der Waals surface area contributed by atoms with Crippen LogP contribution in [0.3, 0.4) is 0 Å². The lowest BCUT2D eigenvalue weighted by Gasteiger charge is -2.22. The van der Waals surface area contributed by atoms with Crippen molar-refractivity contribution in [2.24, 2.45) is 0 Å². The highest BCUT2D eigenvalue weighted by molar-refractivity contribution is 8.25. The third kappa shape index (κ3) is 3.58. The molecule has 30 heavy (non-hydrogen) atoms. The van der Waals surface area contributed by atoms with Crippen LogP contribution in [0.15, 0.2) is 71.6 Å². The molecule has 2 amide bonds. The highest BCUT2D eigenvalue weighted by Crippen LogP contribution is 2.43. The Morgan fingerprint density at radius 2 is 1.67 bits per heavy atom. The summed E-state index contributed by atoms with van der Waals surface area (Å²) in [5, 5.41) is 3.52. The molecular formula is C22H14ClNO4S2. The second-order valence-corrected chi connectivity index (χ2v) is 10.7. The van der Waals surface area contributed by atoms with Crippen molar-refractivity contribution in [2.45, 2.75) is 15.4 Å². The quantitative estimate of drug-likeness (QED) is 0.592. The Bertz CT molecular complexity index is 1340. The minimum Gasteiger partial charge on any atom is -0.285 e. The van der Waals surface area contributed by atoms with E-state index in [2.05, 4.69) is 17.2 Å². The van der Waals surface area contributed by atoms with Gasteiger partial charge in [-0.25, -0.2) is 8.42 Å². The van der Waals surface area contributed by atoms with Crippen molar-refractivity contribution < 1.29 is 18.0 Å². The van der Waals surface area contributed by atoms with Crippen LogP contribution < -0.4 is 5.32 Å². The molecule has 150 valence electrons. The molecule has 1 unspecified atom stereocenters. The maximum Gasteiger partial charge on any atom is 0.287 e.